The third kappa shape index (κ3) is 3.53. The molecule has 0 saturated heterocycles. The van der Waals surface area contributed by atoms with E-state index in [4.69, 9.17) is 0 Å². The Kier molecular flexibility index (Phi) is 4.09. The van der Waals surface area contributed by atoms with Gasteiger partial charge in [-0.15, -0.1) is 0 Å². The third-order valence-electron chi connectivity index (χ3n) is 3.36. The fourth-order valence-corrected chi connectivity index (χ4v) is 2.42. The van der Waals surface area contributed by atoms with Crippen LogP contribution in [-0.4, -0.2) is 11.5 Å². The summed E-state index contributed by atoms with van der Waals surface area (Å²) in [5.41, 5.74) is 1.15. The van der Waals surface area contributed by atoms with E-state index < -0.39 is 0 Å². The molecule has 0 spiro atoms. The van der Waals surface area contributed by atoms with Crippen molar-refractivity contribution in [3.05, 3.63) is 39.9 Å². The van der Waals surface area contributed by atoms with Gasteiger partial charge in [0.2, 0.25) is 0 Å². The predicted molar refractivity (Wildman–Crippen MR) is 66.8 cm³/mol. The van der Waals surface area contributed by atoms with Gasteiger partial charge in [0, 0.05) is 18.7 Å². The van der Waals surface area contributed by atoms with Crippen LogP contribution in [0.15, 0.2) is 24.3 Å². The maximum absolute atomic E-state index is 10.6. The second-order valence-electron chi connectivity index (χ2n) is 4.71. The molecule has 1 aliphatic rings. The van der Waals surface area contributed by atoms with E-state index in [1.54, 1.807) is 12.1 Å². The molecule has 1 N–H and O–H groups in total. The SMILES string of the molecule is O=[N+]([O-])c1cccc(CNCC2CCCC2)c1. The lowest BCUT2D eigenvalue weighted by Gasteiger charge is -2.10. The Labute approximate surface area is 101 Å². The lowest BCUT2D eigenvalue weighted by molar-refractivity contribution is -0.384. The maximum Gasteiger partial charge on any atom is 0.269 e. The Bertz CT molecular complexity index is 387. The number of hydrogen-bond donors (Lipinski definition) is 1. The highest BCUT2D eigenvalue weighted by atomic mass is 16.6. The second-order valence-corrected chi connectivity index (χ2v) is 4.71. The Morgan fingerprint density at radius 2 is 2.12 bits per heavy atom. The first kappa shape index (κ1) is 12.0. The number of rotatable bonds is 5. The first-order chi connectivity index (χ1) is 8.25. The second kappa shape index (κ2) is 5.77. The van der Waals surface area contributed by atoms with Crippen LogP contribution >= 0.6 is 0 Å². The van der Waals surface area contributed by atoms with Crippen LogP contribution in [0.5, 0.6) is 0 Å². The first-order valence-corrected chi connectivity index (χ1v) is 6.20. The summed E-state index contributed by atoms with van der Waals surface area (Å²) in [4.78, 5) is 10.3. The van der Waals surface area contributed by atoms with Gasteiger partial charge in [-0.1, -0.05) is 25.0 Å². The molecule has 1 saturated carbocycles. The summed E-state index contributed by atoms with van der Waals surface area (Å²) in [5, 5.41) is 14.0. The van der Waals surface area contributed by atoms with Gasteiger partial charge in [0.15, 0.2) is 0 Å². The molecule has 0 heterocycles. The smallest absolute Gasteiger partial charge is 0.269 e. The van der Waals surface area contributed by atoms with Gasteiger partial charge in [-0.2, -0.15) is 0 Å². The summed E-state index contributed by atoms with van der Waals surface area (Å²) in [6.45, 7) is 1.75. The van der Waals surface area contributed by atoms with E-state index in [0.717, 1.165) is 24.6 Å². The van der Waals surface area contributed by atoms with E-state index in [2.05, 4.69) is 5.32 Å². The molecule has 1 fully saturated rings. The number of hydrogen-bond acceptors (Lipinski definition) is 3. The molecule has 1 aromatic rings. The molecule has 0 radical (unpaired) electrons. The normalized spacial score (nSPS) is 16.2. The summed E-state index contributed by atoms with van der Waals surface area (Å²) in [6.07, 6.45) is 5.34. The lowest BCUT2D eigenvalue weighted by atomic mass is 10.1. The molecule has 0 bridgehead atoms. The van der Waals surface area contributed by atoms with Crippen molar-refractivity contribution >= 4 is 5.69 Å². The summed E-state index contributed by atoms with van der Waals surface area (Å²) in [6, 6.07) is 6.83. The van der Waals surface area contributed by atoms with E-state index in [-0.39, 0.29) is 10.6 Å². The topological polar surface area (TPSA) is 55.2 Å². The number of nitro benzene ring substituents is 1. The first-order valence-electron chi connectivity index (χ1n) is 6.20. The summed E-state index contributed by atoms with van der Waals surface area (Å²) in [7, 11) is 0. The molecular formula is C13H18N2O2. The molecule has 0 aromatic heterocycles. The van der Waals surface area contributed by atoms with Crippen molar-refractivity contribution in [3.8, 4) is 0 Å². The Morgan fingerprint density at radius 3 is 2.82 bits per heavy atom. The molecule has 4 heteroatoms. The minimum atomic E-state index is -0.347. The fraction of sp³-hybridized carbons (Fsp3) is 0.538. The van der Waals surface area contributed by atoms with Crippen LogP contribution in [0.3, 0.4) is 0 Å². The molecule has 2 rings (SSSR count). The van der Waals surface area contributed by atoms with Crippen LogP contribution in [0.25, 0.3) is 0 Å². The summed E-state index contributed by atoms with van der Waals surface area (Å²) in [5.74, 6) is 0.800. The predicted octanol–water partition coefficient (Wildman–Crippen LogP) is 2.87. The maximum atomic E-state index is 10.6. The Hall–Kier alpha value is -1.42. The van der Waals surface area contributed by atoms with Crippen molar-refractivity contribution in [2.24, 2.45) is 5.92 Å². The molecular weight excluding hydrogens is 216 g/mol. The van der Waals surface area contributed by atoms with Gasteiger partial charge >= 0.3 is 0 Å². The van der Waals surface area contributed by atoms with Gasteiger partial charge in [-0.25, -0.2) is 0 Å². The average Bonchev–Trinajstić information content (AvgIpc) is 2.82. The Balaban J connectivity index is 1.81. The van der Waals surface area contributed by atoms with Crippen molar-refractivity contribution in [3.63, 3.8) is 0 Å². The molecule has 1 aromatic carbocycles. The van der Waals surface area contributed by atoms with Crippen molar-refractivity contribution in [2.75, 3.05) is 6.54 Å². The van der Waals surface area contributed by atoms with Crippen LogP contribution in [0.1, 0.15) is 31.2 Å². The van der Waals surface area contributed by atoms with E-state index in [1.807, 2.05) is 6.07 Å². The molecule has 17 heavy (non-hydrogen) atoms. The van der Waals surface area contributed by atoms with E-state index in [1.165, 1.54) is 31.7 Å². The van der Waals surface area contributed by atoms with Crippen LogP contribution in [-0.2, 0) is 6.54 Å². The zero-order valence-corrected chi connectivity index (χ0v) is 9.89. The third-order valence-corrected chi connectivity index (χ3v) is 3.36. The average molecular weight is 234 g/mol. The van der Waals surface area contributed by atoms with Crippen LogP contribution in [0.4, 0.5) is 5.69 Å². The summed E-state index contributed by atoms with van der Waals surface area (Å²) < 4.78 is 0. The standard InChI is InChI=1S/C13H18N2O2/c16-15(17)13-7-3-6-12(8-13)10-14-9-11-4-1-2-5-11/h3,6-8,11,14H,1-2,4-5,9-10H2. The van der Waals surface area contributed by atoms with Gasteiger partial charge in [-0.05, 0) is 30.9 Å². The minimum absolute atomic E-state index is 0.171. The van der Waals surface area contributed by atoms with E-state index in [0.29, 0.717) is 0 Å². The molecule has 0 aliphatic heterocycles. The van der Waals surface area contributed by atoms with E-state index >= 15 is 0 Å². The lowest BCUT2D eigenvalue weighted by Crippen LogP contribution is -2.20. The summed E-state index contributed by atoms with van der Waals surface area (Å²) >= 11 is 0. The van der Waals surface area contributed by atoms with Crippen LogP contribution in [0, 0.1) is 16.0 Å². The molecule has 0 unspecified atom stereocenters. The highest BCUT2D eigenvalue weighted by molar-refractivity contribution is 5.34. The molecule has 92 valence electrons. The van der Waals surface area contributed by atoms with Gasteiger partial charge < -0.3 is 5.32 Å². The fourth-order valence-electron chi connectivity index (χ4n) is 2.42. The number of nitrogens with one attached hydrogen (secondary N) is 1. The van der Waals surface area contributed by atoms with Gasteiger partial charge in [-0.3, -0.25) is 10.1 Å². The van der Waals surface area contributed by atoms with Gasteiger partial charge in [0.25, 0.3) is 5.69 Å². The van der Waals surface area contributed by atoms with Gasteiger partial charge in [0.1, 0.15) is 0 Å². The molecule has 1 aliphatic carbocycles. The monoisotopic (exact) mass is 234 g/mol. The number of nitro groups is 1. The number of benzene rings is 1. The van der Waals surface area contributed by atoms with Crippen molar-refractivity contribution in [1.82, 2.24) is 5.32 Å². The van der Waals surface area contributed by atoms with Crippen molar-refractivity contribution < 1.29 is 4.92 Å². The quantitative estimate of drug-likeness (QED) is 0.629. The highest BCUT2D eigenvalue weighted by Crippen LogP contribution is 2.23. The van der Waals surface area contributed by atoms with Crippen LogP contribution in [0.2, 0.25) is 0 Å². The highest BCUT2D eigenvalue weighted by Gasteiger charge is 2.14. The molecule has 4 nitrogen and oxygen atoms in total. The Morgan fingerprint density at radius 1 is 1.35 bits per heavy atom. The minimum Gasteiger partial charge on any atom is -0.312 e. The molecule has 0 amide bonds. The molecule has 0 atom stereocenters. The van der Waals surface area contributed by atoms with Crippen LogP contribution < -0.4 is 5.32 Å². The largest absolute Gasteiger partial charge is 0.312 e. The van der Waals surface area contributed by atoms with Gasteiger partial charge in [0.05, 0.1) is 4.92 Å². The number of nitrogens with zero attached hydrogens (tertiary/aromatic N) is 1. The van der Waals surface area contributed by atoms with Crippen molar-refractivity contribution in [2.45, 2.75) is 32.2 Å². The van der Waals surface area contributed by atoms with Crippen molar-refractivity contribution in [1.29, 1.82) is 0 Å². The van der Waals surface area contributed by atoms with E-state index in [9.17, 15) is 10.1 Å². The zero-order chi connectivity index (χ0) is 12.1. The zero-order valence-electron chi connectivity index (χ0n) is 9.89. The number of non-ortho nitro benzene ring substituents is 1.